The van der Waals surface area contributed by atoms with Crippen LogP contribution < -0.4 is 0 Å². The van der Waals surface area contributed by atoms with Crippen LogP contribution in [0.1, 0.15) is 83.7 Å². The maximum absolute atomic E-state index is 13.6. The minimum absolute atomic E-state index is 0.00279. The summed E-state index contributed by atoms with van der Waals surface area (Å²) < 4.78 is 44.8. The molecule has 0 amide bonds. The normalized spacial score (nSPS) is 24.6. The van der Waals surface area contributed by atoms with Gasteiger partial charge in [-0.15, -0.1) is 6.58 Å². The van der Waals surface area contributed by atoms with Gasteiger partial charge in [-0.3, -0.25) is 4.90 Å². The molecule has 0 saturated carbocycles. The molecule has 0 spiro atoms. The average Bonchev–Trinajstić information content (AvgIpc) is 3.18. The van der Waals surface area contributed by atoms with Crippen molar-refractivity contribution in [3.05, 3.63) is 95.8 Å². The molecule has 58 heavy (non-hydrogen) atoms. The summed E-state index contributed by atoms with van der Waals surface area (Å²) in [4.78, 5) is 31.0. The van der Waals surface area contributed by atoms with E-state index in [2.05, 4.69) is 18.4 Å². The number of ether oxygens (including phenoxy) is 7. The van der Waals surface area contributed by atoms with Crippen molar-refractivity contribution in [2.45, 2.75) is 129 Å². The first-order valence-electron chi connectivity index (χ1n) is 20.4. The number of esters is 2. The van der Waals surface area contributed by atoms with E-state index in [-0.39, 0.29) is 36.8 Å². The summed E-state index contributed by atoms with van der Waals surface area (Å²) in [6.07, 6.45) is 0.348. The lowest BCUT2D eigenvalue weighted by Crippen LogP contribution is -2.59. The maximum atomic E-state index is 13.6. The lowest BCUT2D eigenvalue weighted by Gasteiger charge is -2.48. The summed E-state index contributed by atoms with van der Waals surface area (Å²) in [6, 6.07) is 18.3. The topological polar surface area (TPSA) is 125 Å². The molecule has 1 saturated heterocycles. The molecule has 12 heteroatoms. The van der Waals surface area contributed by atoms with E-state index in [4.69, 9.17) is 33.2 Å². The number of nitrogens with zero attached hydrogens (tertiary/aromatic N) is 2. The third-order valence-electron chi connectivity index (χ3n) is 11.3. The predicted molar refractivity (Wildman–Crippen MR) is 223 cm³/mol. The van der Waals surface area contributed by atoms with Gasteiger partial charge in [0.15, 0.2) is 12.4 Å². The van der Waals surface area contributed by atoms with Crippen molar-refractivity contribution in [2.24, 2.45) is 11.8 Å². The highest BCUT2D eigenvalue weighted by Crippen LogP contribution is 2.41. The predicted octanol–water partition coefficient (Wildman–Crippen LogP) is 6.77. The van der Waals surface area contributed by atoms with Crippen LogP contribution in [0.3, 0.4) is 0 Å². The van der Waals surface area contributed by atoms with Crippen molar-refractivity contribution < 1.29 is 47.9 Å². The van der Waals surface area contributed by atoms with Gasteiger partial charge in [0.25, 0.3) is 0 Å². The average molecular weight is 809 g/mol. The number of hydrogen-bond acceptors (Lipinski definition) is 12. The van der Waals surface area contributed by atoms with Crippen LogP contribution in [0.25, 0.3) is 0 Å². The van der Waals surface area contributed by atoms with Crippen LogP contribution in [0.15, 0.2) is 84.7 Å². The number of aliphatic hydroxyl groups excluding tert-OH is 1. The molecule has 0 aliphatic carbocycles. The van der Waals surface area contributed by atoms with Gasteiger partial charge < -0.3 is 43.2 Å². The molecule has 0 bridgehead atoms. The molecule has 322 valence electrons. The van der Waals surface area contributed by atoms with Crippen molar-refractivity contribution in [1.82, 2.24) is 9.80 Å². The Morgan fingerprint density at radius 2 is 1.71 bits per heavy atom. The molecule has 1 fully saturated rings. The fourth-order valence-corrected chi connectivity index (χ4v) is 8.32. The SMILES string of the molecule is C=CCC(OCc1ccccc1)C(CO)N(C)CC(C)CC(C)(OC)C(O[C@@H]1O[C@H](C)C[C@H](N(C)C)[C@H]1OC(=O)c1ccccc1)C(C)C1=C(C)C(=O)OC(C)(C)O1. The van der Waals surface area contributed by atoms with Gasteiger partial charge in [0.2, 0.25) is 5.79 Å². The Kier molecular flexibility index (Phi) is 17.1. The van der Waals surface area contributed by atoms with Gasteiger partial charge in [-0.05, 0) is 84.8 Å². The number of hydrogen-bond donors (Lipinski definition) is 1. The summed E-state index contributed by atoms with van der Waals surface area (Å²) in [6.45, 7) is 18.0. The monoisotopic (exact) mass is 808 g/mol. The minimum Gasteiger partial charge on any atom is -0.456 e. The summed E-state index contributed by atoms with van der Waals surface area (Å²) in [5.74, 6) is -2.31. The highest BCUT2D eigenvalue weighted by molar-refractivity contribution is 5.89. The van der Waals surface area contributed by atoms with Crippen molar-refractivity contribution in [3.8, 4) is 0 Å². The van der Waals surface area contributed by atoms with Gasteiger partial charge in [0, 0.05) is 33.4 Å². The molecule has 0 radical (unpaired) electrons. The standard InChI is InChI=1S/C46H68N2O10/c1-13-20-38(53-29-34-21-16-14-17-22-34)37(28-49)48(11)27-30(2)26-46(8,52-12)41(32(4)39-33(5)42(50)58-45(6,7)57-39)56-44-40(36(47(9)10)25-31(3)54-44)55-43(51)35-23-18-15-19-24-35/h13-19,21-24,30-32,36-38,40-41,44,49H,1,20,25-29H2,2-12H3/t30?,31-,32?,36+,37?,38?,40-,41?,44+,46?/m1/s1. The Morgan fingerprint density at radius 1 is 1.07 bits per heavy atom. The first kappa shape index (κ1) is 47.1. The van der Waals surface area contributed by atoms with Gasteiger partial charge in [-0.2, -0.15) is 0 Å². The van der Waals surface area contributed by atoms with Crippen LogP contribution in [0.4, 0.5) is 0 Å². The summed E-state index contributed by atoms with van der Waals surface area (Å²) in [7, 11) is 7.53. The van der Waals surface area contributed by atoms with Crippen molar-refractivity contribution >= 4 is 11.9 Å². The quantitative estimate of drug-likeness (QED) is 0.106. The number of rotatable bonds is 21. The van der Waals surface area contributed by atoms with Crippen molar-refractivity contribution in [2.75, 3.05) is 41.4 Å². The molecule has 10 atom stereocenters. The molecule has 12 nitrogen and oxygen atoms in total. The van der Waals surface area contributed by atoms with E-state index < -0.39 is 47.7 Å². The van der Waals surface area contributed by atoms with Crippen LogP contribution in [0.2, 0.25) is 0 Å². The number of benzene rings is 2. The summed E-state index contributed by atoms with van der Waals surface area (Å²) >= 11 is 0. The Balaban J connectivity index is 1.67. The number of likely N-dealkylation sites (N-methyl/N-ethyl adjacent to an activating group) is 2. The first-order valence-corrected chi connectivity index (χ1v) is 20.4. The second-order valence-electron chi connectivity index (χ2n) is 16.9. The smallest absolute Gasteiger partial charge is 0.340 e. The molecule has 2 aromatic rings. The number of carbonyl (C=O) groups is 2. The zero-order valence-electron chi connectivity index (χ0n) is 36.5. The second kappa shape index (κ2) is 21.1. The number of carbonyl (C=O) groups excluding carboxylic acids is 2. The largest absolute Gasteiger partial charge is 0.456 e. The van der Waals surface area contributed by atoms with Crippen LogP contribution in [0, 0.1) is 11.8 Å². The Bertz CT molecular complexity index is 1650. The van der Waals surface area contributed by atoms with Crippen LogP contribution >= 0.6 is 0 Å². The zero-order chi connectivity index (χ0) is 42.8. The van der Waals surface area contributed by atoms with Crippen LogP contribution in [0.5, 0.6) is 0 Å². The highest BCUT2D eigenvalue weighted by atomic mass is 16.7. The summed E-state index contributed by atoms with van der Waals surface area (Å²) in [5, 5.41) is 10.7. The minimum atomic E-state index is -1.21. The number of cyclic esters (lactones) is 1. The third-order valence-corrected chi connectivity index (χ3v) is 11.3. The zero-order valence-corrected chi connectivity index (χ0v) is 36.5. The van der Waals surface area contributed by atoms with E-state index in [1.165, 1.54) is 0 Å². The van der Waals surface area contributed by atoms with E-state index >= 15 is 0 Å². The maximum Gasteiger partial charge on any atom is 0.340 e. The summed E-state index contributed by atoms with van der Waals surface area (Å²) in [5.41, 5.74) is 0.792. The van der Waals surface area contributed by atoms with Crippen LogP contribution in [-0.4, -0.2) is 122 Å². The molecular weight excluding hydrogens is 741 g/mol. The fourth-order valence-electron chi connectivity index (χ4n) is 8.32. The van der Waals surface area contributed by atoms with Gasteiger partial charge in [-0.1, -0.05) is 68.5 Å². The van der Waals surface area contributed by atoms with Crippen molar-refractivity contribution in [3.63, 3.8) is 0 Å². The number of aliphatic hydroxyl groups is 1. The molecule has 4 rings (SSSR count). The molecule has 0 aromatic heterocycles. The molecule has 2 aliphatic rings. The molecule has 2 aliphatic heterocycles. The molecule has 1 N–H and O–H groups in total. The second-order valence-corrected chi connectivity index (χ2v) is 16.9. The lowest BCUT2D eigenvalue weighted by atomic mass is 9.80. The Labute approximate surface area is 346 Å². The van der Waals surface area contributed by atoms with E-state index in [1.54, 1.807) is 52.1 Å². The van der Waals surface area contributed by atoms with Crippen LogP contribution in [-0.2, 0) is 44.6 Å². The van der Waals surface area contributed by atoms with Crippen molar-refractivity contribution in [1.29, 1.82) is 0 Å². The Morgan fingerprint density at radius 3 is 2.29 bits per heavy atom. The lowest BCUT2D eigenvalue weighted by molar-refractivity contribution is -0.298. The van der Waals surface area contributed by atoms with E-state index in [1.807, 2.05) is 89.3 Å². The van der Waals surface area contributed by atoms with E-state index in [0.29, 0.717) is 49.3 Å². The molecular formula is C46H68N2O10. The fraction of sp³-hybridized carbons (Fsp3) is 0.609. The van der Waals surface area contributed by atoms with Gasteiger partial charge in [0.05, 0.1) is 60.3 Å². The van der Waals surface area contributed by atoms with E-state index in [0.717, 1.165) is 5.56 Å². The molecule has 6 unspecified atom stereocenters. The Hall–Kier alpha value is -3.62. The van der Waals surface area contributed by atoms with Gasteiger partial charge >= 0.3 is 11.9 Å². The van der Waals surface area contributed by atoms with Gasteiger partial charge in [0.1, 0.15) is 5.76 Å². The van der Waals surface area contributed by atoms with Gasteiger partial charge in [-0.25, -0.2) is 9.59 Å². The first-order chi connectivity index (χ1) is 27.4. The third kappa shape index (κ3) is 12.2. The molecule has 2 aromatic carbocycles. The molecule has 2 heterocycles. The number of methoxy groups -OCH3 is 1. The van der Waals surface area contributed by atoms with E-state index in [9.17, 15) is 14.7 Å². The highest BCUT2D eigenvalue weighted by Gasteiger charge is 2.50.